The van der Waals surface area contributed by atoms with Crippen molar-refractivity contribution >= 4 is 27.5 Å². The molecule has 0 fully saturated rings. The van der Waals surface area contributed by atoms with Crippen LogP contribution < -0.4 is 0 Å². The Bertz CT molecular complexity index is 361. The Hall–Kier alpha value is -0.0200. The molecule has 0 aliphatic heterocycles. The Balaban J connectivity index is 2.60. The first-order valence-corrected chi connectivity index (χ1v) is 7.59. The summed E-state index contributed by atoms with van der Waals surface area (Å²) in [6.45, 7) is 6.59. The molecule has 1 heterocycles. The summed E-state index contributed by atoms with van der Waals surface area (Å²) in [6, 6.07) is 0. The van der Waals surface area contributed by atoms with E-state index in [0.29, 0.717) is 4.83 Å². The molecule has 2 nitrogen and oxygen atoms in total. The SMILES string of the molecule is CCc1nn(C)c(CCC(Br)CC(C)C)c1Cl. The van der Waals surface area contributed by atoms with Crippen molar-refractivity contribution in [3.8, 4) is 0 Å². The van der Waals surface area contributed by atoms with Crippen LogP contribution in [0, 0.1) is 5.92 Å². The fourth-order valence-corrected chi connectivity index (χ4v) is 3.38. The van der Waals surface area contributed by atoms with Crippen LogP contribution in [0.3, 0.4) is 0 Å². The molecule has 0 radical (unpaired) electrons. The third kappa shape index (κ3) is 4.29. The zero-order valence-electron chi connectivity index (χ0n) is 11.1. The first-order valence-electron chi connectivity index (χ1n) is 6.30. The second-order valence-corrected chi connectivity index (χ2v) is 6.62. The number of aryl methyl sites for hydroxylation is 2. The summed E-state index contributed by atoms with van der Waals surface area (Å²) in [6.07, 6.45) is 4.21. The van der Waals surface area contributed by atoms with Gasteiger partial charge in [-0.3, -0.25) is 4.68 Å². The molecule has 0 aromatic carbocycles. The number of alkyl halides is 1. The Morgan fingerprint density at radius 3 is 2.53 bits per heavy atom. The lowest BCUT2D eigenvalue weighted by molar-refractivity contribution is 0.548. The van der Waals surface area contributed by atoms with Crippen LogP contribution in [-0.2, 0) is 19.9 Å². The van der Waals surface area contributed by atoms with Crippen molar-refractivity contribution < 1.29 is 0 Å². The molecule has 1 rings (SSSR count). The Kier molecular flexibility index (Phi) is 6.01. The topological polar surface area (TPSA) is 17.8 Å². The lowest BCUT2D eigenvalue weighted by Gasteiger charge is -2.12. The number of hydrogen-bond donors (Lipinski definition) is 0. The molecule has 98 valence electrons. The first-order chi connectivity index (χ1) is 7.95. The van der Waals surface area contributed by atoms with Gasteiger partial charge >= 0.3 is 0 Å². The Labute approximate surface area is 118 Å². The van der Waals surface area contributed by atoms with Gasteiger partial charge in [-0.15, -0.1) is 0 Å². The van der Waals surface area contributed by atoms with E-state index >= 15 is 0 Å². The predicted molar refractivity (Wildman–Crippen MR) is 78.1 cm³/mol. The maximum absolute atomic E-state index is 6.32. The van der Waals surface area contributed by atoms with Crippen molar-refractivity contribution in [1.82, 2.24) is 9.78 Å². The maximum Gasteiger partial charge on any atom is 0.0849 e. The van der Waals surface area contributed by atoms with E-state index in [1.807, 2.05) is 11.7 Å². The van der Waals surface area contributed by atoms with Crippen molar-refractivity contribution in [3.05, 3.63) is 16.4 Å². The fraction of sp³-hybridized carbons (Fsp3) is 0.769. The van der Waals surface area contributed by atoms with Gasteiger partial charge < -0.3 is 0 Å². The average molecular weight is 322 g/mol. The standard InChI is InChI=1S/C13H22BrClN2/c1-5-11-13(15)12(17(4)16-11)7-6-10(14)8-9(2)3/h9-10H,5-8H2,1-4H3. The molecule has 1 atom stereocenters. The minimum atomic E-state index is 0.568. The number of hydrogen-bond acceptors (Lipinski definition) is 1. The molecule has 0 N–H and O–H groups in total. The van der Waals surface area contributed by atoms with E-state index in [1.54, 1.807) is 0 Å². The number of halogens is 2. The summed E-state index contributed by atoms with van der Waals surface area (Å²) in [5.41, 5.74) is 2.18. The molecule has 17 heavy (non-hydrogen) atoms. The second-order valence-electron chi connectivity index (χ2n) is 4.95. The minimum absolute atomic E-state index is 0.568. The first kappa shape index (κ1) is 15.0. The summed E-state index contributed by atoms with van der Waals surface area (Å²) < 4.78 is 1.93. The molecule has 1 aromatic heterocycles. The van der Waals surface area contributed by atoms with E-state index in [0.717, 1.165) is 41.6 Å². The highest BCUT2D eigenvalue weighted by Gasteiger charge is 2.14. The van der Waals surface area contributed by atoms with E-state index in [4.69, 9.17) is 11.6 Å². The van der Waals surface area contributed by atoms with Crippen molar-refractivity contribution in [1.29, 1.82) is 0 Å². The molecule has 0 bridgehead atoms. The van der Waals surface area contributed by atoms with Crippen molar-refractivity contribution in [2.45, 2.75) is 51.3 Å². The molecule has 0 spiro atoms. The summed E-state index contributed by atoms with van der Waals surface area (Å²) in [7, 11) is 1.98. The molecule has 0 saturated carbocycles. The molecule has 4 heteroatoms. The van der Waals surface area contributed by atoms with E-state index in [2.05, 4.69) is 41.8 Å². The van der Waals surface area contributed by atoms with Gasteiger partial charge in [-0.25, -0.2) is 0 Å². The van der Waals surface area contributed by atoms with Gasteiger partial charge in [-0.2, -0.15) is 5.10 Å². The highest BCUT2D eigenvalue weighted by atomic mass is 79.9. The van der Waals surface area contributed by atoms with Crippen LogP contribution in [0.25, 0.3) is 0 Å². The van der Waals surface area contributed by atoms with Crippen molar-refractivity contribution in [2.75, 3.05) is 0 Å². The highest BCUT2D eigenvalue weighted by Crippen LogP contribution is 2.25. The van der Waals surface area contributed by atoms with Gasteiger partial charge in [0.25, 0.3) is 0 Å². The third-order valence-electron chi connectivity index (χ3n) is 2.92. The van der Waals surface area contributed by atoms with Gasteiger partial charge in [-0.1, -0.05) is 48.3 Å². The number of aromatic nitrogens is 2. The smallest absolute Gasteiger partial charge is 0.0849 e. The van der Waals surface area contributed by atoms with Crippen LogP contribution in [0.15, 0.2) is 0 Å². The van der Waals surface area contributed by atoms with Crippen molar-refractivity contribution in [2.24, 2.45) is 13.0 Å². The second kappa shape index (κ2) is 6.79. The Morgan fingerprint density at radius 2 is 2.06 bits per heavy atom. The zero-order chi connectivity index (χ0) is 13.0. The lowest BCUT2D eigenvalue weighted by atomic mass is 10.0. The zero-order valence-corrected chi connectivity index (χ0v) is 13.5. The predicted octanol–water partition coefficient (Wildman–Crippen LogP) is 4.38. The molecular weight excluding hydrogens is 300 g/mol. The quantitative estimate of drug-likeness (QED) is 0.711. The number of nitrogens with zero attached hydrogens (tertiary/aromatic N) is 2. The maximum atomic E-state index is 6.32. The lowest BCUT2D eigenvalue weighted by Crippen LogP contribution is -2.07. The monoisotopic (exact) mass is 320 g/mol. The molecule has 1 aromatic rings. The molecule has 0 aliphatic rings. The largest absolute Gasteiger partial charge is 0.271 e. The van der Waals surface area contributed by atoms with Gasteiger partial charge in [0.05, 0.1) is 16.4 Å². The summed E-state index contributed by atoms with van der Waals surface area (Å²) in [5.74, 6) is 0.729. The fourth-order valence-electron chi connectivity index (χ4n) is 2.01. The van der Waals surface area contributed by atoms with E-state index in [9.17, 15) is 0 Å². The van der Waals surface area contributed by atoms with E-state index in [1.165, 1.54) is 6.42 Å². The van der Waals surface area contributed by atoms with Gasteiger partial charge in [0.15, 0.2) is 0 Å². The van der Waals surface area contributed by atoms with Gasteiger partial charge in [-0.05, 0) is 31.6 Å². The van der Waals surface area contributed by atoms with Crippen LogP contribution in [0.4, 0.5) is 0 Å². The molecule has 0 amide bonds. The summed E-state index contributed by atoms with van der Waals surface area (Å²) in [4.78, 5) is 0.568. The summed E-state index contributed by atoms with van der Waals surface area (Å²) >= 11 is 10.1. The molecule has 0 aliphatic carbocycles. The minimum Gasteiger partial charge on any atom is -0.271 e. The van der Waals surface area contributed by atoms with E-state index in [-0.39, 0.29) is 0 Å². The normalized spacial score (nSPS) is 13.4. The van der Waals surface area contributed by atoms with Crippen LogP contribution in [0.1, 0.15) is 45.0 Å². The van der Waals surface area contributed by atoms with Crippen LogP contribution in [0.5, 0.6) is 0 Å². The molecule has 1 unspecified atom stereocenters. The van der Waals surface area contributed by atoms with E-state index < -0.39 is 0 Å². The Morgan fingerprint density at radius 1 is 1.41 bits per heavy atom. The highest BCUT2D eigenvalue weighted by molar-refractivity contribution is 9.09. The van der Waals surface area contributed by atoms with Crippen LogP contribution in [-0.4, -0.2) is 14.6 Å². The van der Waals surface area contributed by atoms with Gasteiger partial charge in [0.2, 0.25) is 0 Å². The summed E-state index contributed by atoms with van der Waals surface area (Å²) in [5, 5.41) is 5.30. The third-order valence-corrected chi connectivity index (χ3v) is 4.19. The van der Waals surface area contributed by atoms with Gasteiger partial charge in [0.1, 0.15) is 0 Å². The van der Waals surface area contributed by atoms with Crippen molar-refractivity contribution in [3.63, 3.8) is 0 Å². The molecule has 0 saturated heterocycles. The van der Waals surface area contributed by atoms with Crippen LogP contribution >= 0.6 is 27.5 Å². The average Bonchev–Trinajstić information content (AvgIpc) is 2.50. The number of rotatable bonds is 6. The molecular formula is C13H22BrClN2. The van der Waals surface area contributed by atoms with Crippen LogP contribution in [0.2, 0.25) is 5.02 Å². The van der Waals surface area contributed by atoms with Gasteiger partial charge in [0, 0.05) is 11.9 Å².